The summed E-state index contributed by atoms with van der Waals surface area (Å²) < 4.78 is 28.7. The third kappa shape index (κ3) is 6.77. The SMILES string of the molecule is CCOC(=O)C(Oc1ccc(Oc2nc3ccc(Cl)cc3o2)cc1)C(CC)OCCc1ccccc1. The molecule has 36 heavy (non-hydrogen) atoms. The molecule has 0 saturated heterocycles. The zero-order valence-electron chi connectivity index (χ0n) is 20.2. The molecule has 1 aromatic heterocycles. The van der Waals surface area contributed by atoms with Crippen LogP contribution in [-0.4, -0.2) is 36.4 Å². The van der Waals surface area contributed by atoms with E-state index in [1.54, 1.807) is 49.4 Å². The van der Waals surface area contributed by atoms with E-state index in [2.05, 4.69) is 4.98 Å². The maximum atomic E-state index is 12.7. The van der Waals surface area contributed by atoms with Crippen molar-refractivity contribution in [2.75, 3.05) is 13.2 Å². The summed E-state index contributed by atoms with van der Waals surface area (Å²) in [5.41, 5.74) is 2.34. The third-order valence-corrected chi connectivity index (χ3v) is 5.68. The molecule has 7 nitrogen and oxygen atoms in total. The first kappa shape index (κ1) is 25.5. The minimum atomic E-state index is -0.903. The van der Waals surface area contributed by atoms with Crippen molar-refractivity contribution < 1.29 is 28.2 Å². The first-order valence-corrected chi connectivity index (χ1v) is 12.3. The Labute approximate surface area is 214 Å². The van der Waals surface area contributed by atoms with Gasteiger partial charge in [0, 0.05) is 11.1 Å². The Balaban J connectivity index is 1.41. The van der Waals surface area contributed by atoms with Crippen molar-refractivity contribution in [1.29, 1.82) is 0 Å². The van der Waals surface area contributed by atoms with Crippen molar-refractivity contribution in [3.63, 3.8) is 0 Å². The highest BCUT2D eigenvalue weighted by atomic mass is 35.5. The second kappa shape index (κ2) is 12.4. The minimum absolute atomic E-state index is 0.100. The Morgan fingerprint density at radius 3 is 2.47 bits per heavy atom. The van der Waals surface area contributed by atoms with Gasteiger partial charge < -0.3 is 23.4 Å². The molecule has 0 bridgehead atoms. The van der Waals surface area contributed by atoms with Gasteiger partial charge in [-0.2, -0.15) is 4.98 Å². The zero-order valence-corrected chi connectivity index (χ0v) is 20.9. The summed E-state index contributed by atoms with van der Waals surface area (Å²) in [4.78, 5) is 17.0. The molecular formula is C28H28ClNO6. The lowest BCUT2D eigenvalue weighted by atomic mass is 10.1. The van der Waals surface area contributed by atoms with Crippen LogP contribution in [0.25, 0.3) is 11.1 Å². The fourth-order valence-corrected chi connectivity index (χ4v) is 3.81. The molecule has 0 fully saturated rings. The summed E-state index contributed by atoms with van der Waals surface area (Å²) in [5.74, 6) is 0.517. The second-order valence-electron chi connectivity index (χ2n) is 8.01. The van der Waals surface area contributed by atoms with E-state index in [9.17, 15) is 4.79 Å². The van der Waals surface area contributed by atoms with E-state index in [0.29, 0.717) is 40.6 Å². The number of aromatic nitrogens is 1. The number of esters is 1. The maximum Gasteiger partial charge on any atom is 0.400 e. The van der Waals surface area contributed by atoms with Crippen molar-refractivity contribution in [3.05, 3.63) is 83.4 Å². The predicted molar refractivity (Wildman–Crippen MR) is 137 cm³/mol. The molecule has 8 heteroatoms. The van der Waals surface area contributed by atoms with E-state index in [1.165, 1.54) is 5.56 Å². The molecule has 2 atom stereocenters. The molecule has 3 aromatic carbocycles. The lowest BCUT2D eigenvalue weighted by Gasteiger charge is -2.26. The van der Waals surface area contributed by atoms with Crippen LogP contribution >= 0.6 is 11.6 Å². The van der Waals surface area contributed by atoms with E-state index in [0.717, 1.165) is 6.42 Å². The average Bonchev–Trinajstić information content (AvgIpc) is 3.28. The molecule has 2 unspecified atom stereocenters. The van der Waals surface area contributed by atoms with Crippen molar-refractivity contribution in [2.45, 2.75) is 38.9 Å². The number of ether oxygens (including phenoxy) is 4. The summed E-state index contributed by atoms with van der Waals surface area (Å²) in [6.07, 6.45) is 0.0556. The number of fused-ring (bicyclic) bond motifs is 1. The van der Waals surface area contributed by atoms with E-state index in [1.807, 2.05) is 37.3 Å². The maximum absolute atomic E-state index is 12.7. The number of hydrogen-bond acceptors (Lipinski definition) is 7. The van der Waals surface area contributed by atoms with Crippen LogP contribution in [-0.2, 0) is 20.7 Å². The van der Waals surface area contributed by atoms with Crippen LogP contribution in [0.2, 0.25) is 5.02 Å². The van der Waals surface area contributed by atoms with Crippen LogP contribution < -0.4 is 9.47 Å². The normalized spacial score (nSPS) is 12.8. The van der Waals surface area contributed by atoms with Gasteiger partial charge in [0.15, 0.2) is 5.58 Å². The summed E-state index contributed by atoms with van der Waals surface area (Å²) in [7, 11) is 0. The van der Waals surface area contributed by atoms with Gasteiger partial charge in [-0.15, -0.1) is 0 Å². The quantitative estimate of drug-likeness (QED) is 0.198. The number of carbonyl (C=O) groups excluding carboxylic acids is 1. The van der Waals surface area contributed by atoms with Crippen LogP contribution in [0.4, 0.5) is 0 Å². The Morgan fingerprint density at radius 2 is 1.75 bits per heavy atom. The van der Waals surface area contributed by atoms with E-state index < -0.39 is 18.2 Å². The molecular weight excluding hydrogens is 482 g/mol. The summed E-state index contributed by atoms with van der Waals surface area (Å²) in [6.45, 7) is 4.43. The topological polar surface area (TPSA) is 80.0 Å². The lowest BCUT2D eigenvalue weighted by molar-refractivity contribution is -0.159. The average molecular weight is 510 g/mol. The Kier molecular flexibility index (Phi) is 8.81. The van der Waals surface area contributed by atoms with Gasteiger partial charge in [0.25, 0.3) is 0 Å². The highest BCUT2D eigenvalue weighted by Crippen LogP contribution is 2.29. The van der Waals surface area contributed by atoms with Gasteiger partial charge in [-0.3, -0.25) is 0 Å². The van der Waals surface area contributed by atoms with E-state index in [-0.39, 0.29) is 12.7 Å². The fraction of sp³-hybridized carbons (Fsp3) is 0.286. The van der Waals surface area contributed by atoms with Crippen LogP contribution in [0.1, 0.15) is 25.8 Å². The molecule has 0 spiro atoms. The van der Waals surface area contributed by atoms with Crippen molar-refractivity contribution in [1.82, 2.24) is 4.98 Å². The zero-order chi connectivity index (χ0) is 25.3. The van der Waals surface area contributed by atoms with Crippen LogP contribution in [0.3, 0.4) is 0 Å². The first-order chi connectivity index (χ1) is 17.6. The Bertz CT molecular complexity index is 1260. The van der Waals surface area contributed by atoms with Gasteiger partial charge in [0.2, 0.25) is 6.10 Å². The number of oxazole rings is 1. The molecule has 0 saturated carbocycles. The fourth-order valence-electron chi connectivity index (χ4n) is 3.65. The number of rotatable bonds is 12. The molecule has 1 heterocycles. The van der Waals surface area contributed by atoms with Gasteiger partial charge in [-0.25, -0.2) is 4.79 Å². The van der Waals surface area contributed by atoms with Gasteiger partial charge >= 0.3 is 12.0 Å². The largest absolute Gasteiger partial charge is 0.476 e. The van der Waals surface area contributed by atoms with Crippen LogP contribution in [0, 0.1) is 0 Å². The van der Waals surface area contributed by atoms with E-state index in [4.69, 9.17) is 35.0 Å². The lowest BCUT2D eigenvalue weighted by Crippen LogP contribution is -2.42. The predicted octanol–water partition coefficient (Wildman–Crippen LogP) is 6.62. The van der Waals surface area contributed by atoms with E-state index >= 15 is 0 Å². The standard InChI is InChI=1S/C28H28ClNO6/c1-3-24(33-17-16-19-8-6-5-7-9-19)26(27(31)32-4-2)34-21-11-13-22(14-12-21)35-28-30-23-15-10-20(29)18-25(23)36-28/h5-15,18,24,26H,3-4,16-17H2,1-2H3. The second-order valence-corrected chi connectivity index (χ2v) is 8.45. The molecule has 188 valence electrons. The van der Waals surface area contributed by atoms with Crippen molar-refractivity contribution in [2.24, 2.45) is 0 Å². The smallest absolute Gasteiger partial charge is 0.400 e. The molecule has 0 N–H and O–H groups in total. The van der Waals surface area contributed by atoms with Gasteiger partial charge in [-0.05, 0) is 61.7 Å². The highest BCUT2D eigenvalue weighted by Gasteiger charge is 2.31. The number of nitrogens with zero attached hydrogens (tertiary/aromatic N) is 1. The van der Waals surface area contributed by atoms with Crippen LogP contribution in [0.15, 0.2) is 77.2 Å². The Hall–Kier alpha value is -3.55. The van der Waals surface area contributed by atoms with Crippen molar-refractivity contribution >= 4 is 28.7 Å². The summed E-state index contributed by atoms with van der Waals surface area (Å²) >= 11 is 5.99. The number of benzene rings is 3. The number of halogens is 1. The first-order valence-electron chi connectivity index (χ1n) is 11.9. The highest BCUT2D eigenvalue weighted by molar-refractivity contribution is 6.31. The molecule has 0 radical (unpaired) electrons. The Morgan fingerprint density at radius 1 is 1.00 bits per heavy atom. The van der Waals surface area contributed by atoms with Crippen molar-refractivity contribution in [3.8, 4) is 17.6 Å². The number of hydrogen-bond donors (Lipinski definition) is 0. The molecule has 0 aliphatic heterocycles. The monoisotopic (exact) mass is 509 g/mol. The number of carbonyl (C=O) groups is 1. The molecule has 4 rings (SSSR count). The summed E-state index contributed by atoms with van der Waals surface area (Å²) in [6, 6.07) is 22.0. The minimum Gasteiger partial charge on any atom is -0.476 e. The summed E-state index contributed by atoms with van der Waals surface area (Å²) in [5, 5.41) is 0.553. The van der Waals surface area contributed by atoms with Gasteiger partial charge in [0.1, 0.15) is 23.1 Å². The third-order valence-electron chi connectivity index (χ3n) is 5.45. The van der Waals surface area contributed by atoms with Gasteiger partial charge in [-0.1, -0.05) is 48.9 Å². The molecule has 0 aliphatic rings. The molecule has 0 aliphatic carbocycles. The molecule has 0 amide bonds. The van der Waals surface area contributed by atoms with Gasteiger partial charge in [0.05, 0.1) is 13.2 Å². The van der Waals surface area contributed by atoms with Crippen LogP contribution in [0.5, 0.6) is 17.6 Å². The molecule has 4 aromatic rings.